The molecule has 5 aromatic carbocycles. The molecule has 0 atom stereocenters. The maximum atomic E-state index is 13.1. The highest BCUT2D eigenvalue weighted by molar-refractivity contribution is 7.90. The molecule has 0 fully saturated rings. The van der Waals surface area contributed by atoms with Gasteiger partial charge in [0.15, 0.2) is 11.3 Å². The van der Waals surface area contributed by atoms with Crippen molar-refractivity contribution in [2.45, 2.75) is 23.6 Å². The lowest BCUT2D eigenvalue weighted by atomic mass is 9.80. The molecular formula is C56H50BClN6O9S2. The molecule has 380 valence electrons. The lowest BCUT2D eigenvalue weighted by Crippen LogP contribution is -2.30. The van der Waals surface area contributed by atoms with Gasteiger partial charge in [0, 0.05) is 69.9 Å². The topological polar surface area (TPSA) is 201 Å². The van der Waals surface area contributed by atoms with Gasteiger partial charge in [0.1, 0.15) is 22.9 Å². The van der Waals surface area contributed by atoms with Crippen LogP contribution in [-0.2, 0) is 20.0 Å². The first kappa shape index (κ1) is 53.0. The fourth-order valence-electron chi connectivity index (χ4n) is 8.08. The van der Waals surface area contributed by atoms with Crippen molar-refractivity contribution in [2.24, 2.45) is 0 Å². The van der Waals surface area contributed by atoms with Gasteiger partial charge in [-0.15, -0.1) is 0 Å². The number of methoxy groups -OCH3 is 3. The third kappa shape index (κ3) is 11.5. The number of benzene rings is 5. The standard InChI is InChI=1S/C21H18N2O3S.C14H11ClN2O2S.C14H12N2O.C7H9BO3/c1-15-7-9-16(10-8-15)27(24,25)23-14-12-19-17(11-13-22-21(19)23)18-5-3-4-6-20(18)26-2;1-10-2-4-11(5-3-10)20(18,19)17-9-7-12-13(15)6-8-16-14(12)17;1-17-13-5-3-2-4-11(13)10-6-8-15-14-12(10)7-9-16-14;1-11-7-5-3-2-4-6(7)8(9)10/h3-14H,1-2H3;2-9H,1H3;2-9H,1H3,(H,15,16);2-5,9-10H,1H3. The zero-order valence-electron chi connectivity index (χ0n) is 41.2. The zero-order valence-corrected chi connectivity index (χ0v) is 43.6. The fourth-order valence-corrected chi connectivity index (χ4v) is 10.9. The van der Waals surface area contributed by atoms with Crippen LogP contribution in [0, 0.1) is 13.8 Å². The number of rotatable bonds is 10. The quantitative estimate of drug-likeness (QED) is 0.110. The molecule has 0 aliphatic heterocycles. The van der Waals surface area contributed by atoms with E-state index < -0.39 is 27.2 Å². The van der Waals surface area contributed by atoms with Gasteiger partial charge in [0.2, 0.25) is 0 Å². The van der Waals surface area contributed by atoms with Gasteiger partial charge in [-0.25, -0.2) is 39.7 Å². The van der Waals surface area contributed by atoms with Crippen molar-refractivity contribution in [1.29, 1.82) is 0 Å². The van der Waals surface area contributed by atoms with Crippen LogP contribution in [0.3, 0.4) is 0 Å². The average molecular weight is 1060 g/mol. The molecule has 0 bridgehead atoms. The highest BCUT2D eigenvalue weighted by Gasteiger charge is 2.23. The number of aromatic amines is 1. The predicted molar refractivity (Wildman–Crippen MR) is 295 cm³/mol. The second kappa shape index (κ2) is 23.3. The molecular weight excluding hydrogens is 1010 g/mol. The van der Waals surface area contributed by atoms with Crippen molar-refractivity contribution in [3.05, 3.63) is 211 Å². The Morgan fingerprint density at radius 1 is 0.493 bits per heavy atom. The molecule has 0 unspecified atom stereocenters. The number of hydrogen-bond acceptors (Lipinski definition) is 12. The molecule has 0 spiro atoms. The Balaban J connectivity index is 0.000000139. The summed E-state index contributed by atoms with van der Waals surface area (Å²) < 4.78 is 69.5. The van der Waals surface area contributed by atoms with Gasteiger partial charge in [-0.1, -0.05) is 102 Å². The molecule has 0 saturated heterocycles. The first-order valence-corrected chi connectivity index (χ1v) is 26.3. The summed E-state index contributed by atoms with van der Waals surface area (Å²) in [5.74, 6) is 2.09. The minimum absolute atomic E-state index is 0.224. The Morgan fingerprint density at radius 3 is 1.44 bits per heavy atom. The zero-order chi connectivity index (χ0) is 53.3. The van der Waals surface area contributed by atoms with Crippen molar-refractivity contribution in [3.8, 4) is 39.5 Å². The Bertz CT molecular complexity index is 3980. The average Bonchev–Trinajstić information content (AvgIpc) is 4.23. The van der Waals surface area contributed by atoms with Gasteiger partial charge in [0.05, 0.1) is 36.1 Å². The van der Waals surface area contributed by atoms with Crippen LogP contribution in [0.5, 0.6) is 17.2 Å². The second-order valence-corrected chi connectivity index (χ2v) is 20.6. The van der Waals surface area contributed by atoms with Gasteiger partial charge < -0.3 is 29.2 Å². The lowest BCUT2D eigenvalue weighted by molar-refractivity contribution is 0.403. The normalized spacial score (nSPS) is 11.1. The van der Waals surface area contributed by atoms with Crippen LogP contribution < -0.4 is 19.7 Å². The molecule has 11 aromatic rings. The van der Waals surface area contributed by atoms with Crippen LogP contribution >= 0.6 is 11.6 Å². The van der Waals surface area contributed by atoms with Crippen LogP contribution in [0.15, 0.2) is 205 Å². The van der Waals surface area contributed by atoms with E-state index in [0.29, 0.717) is 32.9 Å². The molecule has 0 saturated carbocycles. The predicted octanol–water partition coefficient (Wildman–Crippen LogP) is 10.1. The molecule has 15 nitrogen and oxygen atoms in total. The summed E-state index contributed by atoms with van der Waals surface area (Å²) in [5, 5.41) is 20.6. The molecule has 0 radical (unpaired) electrons. The Morgan fingerprint density at radius 2 is 0.933 bits per heavy atom. The maximum absolute atomic E-state index is 13.1. The van der Waals surface area contributed by atoms with E-state index in [1.807, 2.05) is 80.7 Å². The number of pyridine rings is 3. The third-order valence-corrected chi connectivity index (χ3v) is 15.6. The molecule has 11 rings (SSSR count). The monoisotopic (exact) mass is 1060 g/mol. The van der Waals surface area contributed by atoms with E-state index >= 15 is 0 Å². The number of hydrogen-bond donors (Lipinski definition) is 3. The largest absolute Gasteiger partial charge is 0.497 e. The van der Waals surface area contributed by atoms with Gasteiger partial charge >= 0.3 is 7.12 Å². The highest BCUT2D eigenvalue weighted by Crippen LogP contribution is 2.36. The summed E-state index contributed by atoms with van der Waals surface area (Å²) in [5.41, 5.74) is 7.98. The van der Waals surface area contributed by atoms with Crippen molar-refractivity contribution >= 4 is 77.3 Å². The van der Waals surface area contributed by atoms with Crippen molar-refractivity contribution in [1.82, 2.24) is 27.9 Å². The number of ether oxygens (including phenoxy) is 3. The number of aromatic nitrogens is 6. The molecule has 0 aliphatic carbocycles. The number of fused-ring (bicyclic) bond motifs is 3. The van der Waals surface area contributed by atoms with E-state index in [4.69, 9.17) is 35.9 Å². The highest BCUT2D eigenvalue weighted by atomic mass is 35.5. The first-order valence-electron chi connectivity index (χ1n) is 23.1. The molecule has 6 aromatic heterocycles. The number of para-hydroxylation sites is 3. The molecule has 0 amide bonds. The molecule has 6 heterocycles. The number of nitrogens with zero attached hydrogens (tertiary/aromatic N) is 5. The van der Waals surface area contributed by atoms with Crippen molar-refractivity contribution in [2.75, 3.05) is 21.3 Å². The van der Waals surface area contributed by atoms with E-state index in [-0.39, 0.29) is 9.79 Å². The second-order valence-electron chi connectivity index (χ2n) is 16.6. The fraction of sp³-hybridized carbons (Fsp3) is 0.0893. The van der Waals surface area contributed by atoms with Crippen LogP contribution in [0.25, 0.3) is 55.4 Å². The SMILES string of the molecule is COc1ccccc1-c1ccnc2[nH]ccc12.COc1ccccc1-c1ccnc2c1ccn2S(=O)(=O)c1ccc(C)cc1.COc1ccccc1B(O)O.Cc1ccc(S(=O)(=O)n2ccc3c(Cl)ccnc32)cc1. The van der Waals surface area contributed by atoms with E-state index in [1.54, 1.807) is 124 Å². The summed E-state index contributed by atoms with van der Waals surface area (Å²) in [6.45, 7) is 3.82. The third-order valence-electron chi connectivity index (χ3n) is 11.9. The lowest BCUT2D eigenvalue weighted by Gasteiger charge is -2.10. The molecule has 0 aliphatic rings. The van der Waals surface area contributed by atoms with E-state index in [1.165, 1.54) is 23.5 Å². The summed E-state index contributed by atoms with van der Waals surface area (Å²) in [6.07, 6.45) is 9.83. The summed E-state index contributed by atoms with van der Waals surface area (Å²) >= 11 is 6.04. The van der Waals surface area contributed by atoms with E-state index in [9.17, 15) is 16.8 Å². The minimum atomic E-state index is -3.73. The van der Waals surface area contributed by atoms with Crippen LogP contribution in [-0.4, -0.2) is 83.2 Å². The van der Waals surface area contributed by atoms with Crippen LogP contribution in [0.1, 0.15) is 11.1 Å². The van der Waals surface area contributed by atoms with Gasteiger partial charge in [-0.3, -0.25) is 0 Å². The molecule has 75 heavy (non-hydrogen) atoms. The van der Waals surface area contributed by atoms with E-state index in [2.05, 4.69) is 26.0 Å². The van der Waals surface area contributed by atoms with Crippen molar-refractivity contribution in [3.63, 3.8) is 0 Å². The Hall–Kier alpha value is -8.26. The van der Waals surface area contributed by atoms with Gasteiger partial charge in [0.25, 0.3) is 20.0 Å². The van der Waals surface area contributed by atoms with E-state index in [0.717, 1.165) is 65.3 Å². The number of H-pyrrole nitrogens is 1. The number of aryl methyl sites for hydroxylation is 2. The first-order chi connectivity index (χ1) is 36.2. The number of nitrogens with one attached hydrogen (secondary N) is 1. The molecule has 19 heteroatoms. The van der Waals surface area contributed by atoms with Crippen LogP contribution in [0.2, 0.25) is 5.02 Å². The van der Waals surface area contributed by atoms with Crippen molar-refractivity contribution < 1.29 is 41.1 Å². The number of halogens is 1. The Kier molecular flexibility index (Phi) is 16.5. The van der Waals surface area contributed by atoms with Crippen LogP contribution in [0.4, 0.5) is 0 Å². The smallest absolute Gasteiger partial charge is 0.492 e. The summed E-state index contributed by atoms with van der Waals surface area (Å²) in [6, 6.07) is 46.8. The summed E-state index contributed by atoms with van der Waals surface area (Å²) in [4.78, 5) is 16.3. The maximum Gasteiger partial charge on any atom is 0.492 e. The Labute approximate surface area is 439 Å². The minimum Gasteiger partial charge on any atom is -0.497 e. The summed E-state index contributed by atoms with van der Waals surface area (Å²) in [7, 11) is -4.07. The van der Waals surface area contributed by atoms with Gasteiger partial charge in [-0.2, -0.15) is 0 Å². The van der Waals surface area contributed by atoms with Gasteiger partial charge in [-0.05, 0) is 104 Å². The molecule has 3 N–H and O–H groups in total.